The highest BCUT2D eigenvalue weighted by atomic mass is 32.1. The van der Waals surface area contributed by atoms with Crippen molar-refractivity contribution in [1.29, 1.82) is 0 Å². The van der Waals surface area contributed by atoms with Gasteiger partial charge in [-0.05, 0) is 25.0 Å². The Morgan fingerprint density at radius 2 is 2.18 bits per heavy atom. The van der Waals surface area contributed by atoms with Crippen LogP contribution in [0.3, 0.4) is 0 Å². The lowest BCUT2D eigenvalue weighted by molar-refractivity contribution is 0.196. The molecule has 0 aliphatic carbocycles. The topological polar surface area (TPSA) is 38.5 Å². The van der Waals surface area contributed by atoms with Crippen molar-refractivity contribution in [3.05, 3.63) is 29.3 Å². The third kappa shape index (κ3) is 3.68. The molecule has 0 unspecified atom stereocenters. The van der Waals surface area contributed by atoms with Crippen molar-refractivity contribution in [2.24, 2.45) is 5.73 Å². The van der Waals surface area contributed by atoms with Crippen LogP contribution >= 0.6 is 12.2 Å². The predicted octanol–water partition coefficient (Wildman–Crippen LogP) is 2.10. The van der Waals surface area contributed by atoms with Gasteiger partial charge in [0.1, 0.15) is 4.99 Å². The SMILES string of the molecule is COCCCN(C)c1c(C)cccc1C(N)=S. The maximum Gasteiger partial charge on any atom is 0.106 e. The molecule has 1 aromatic rings. The molecule has 0 spiro atoms. The van der Waals surface area contributed by atoms with Crippen LogP contribution in [0.25, 0.3) is 0 Å². The summed E-state index contributed by atoms with van der Waals surface area (Å²) in [5, 5.41) is 0. The minimum Gasteiger partial charge on any atom is -0.389 e. The number of anilines is 1. The Bertz CT molecular complexity index is 393. The second-order valence-corrected chi connectivity index (χ2v) is 4.54. The van der Waals surface area contributed by atoms with Crippen molar-refractivity contribution in [1.82, 2.24) is 0 Å². The lowest BCUT2D eigenvalue weighted by Crippen LogP contribution is -2.24. The number of hydrogen-bond acceptors (Lipinski definition) is 3. The number of ether oxygens (including phenoxy) is 1. The van der Waals surface area contributed by atoms with Gasteiger partial charge in [0.25, 0.3) is 0 Å². The van der Waals surface area contributed by atoms with E-state index in [1.165, 1.54) is 5.56 Å². The second kappa shape index (κ2) is 6.57. The number of nitrogens with two attached hydrogens (primary N) is 1. The van der Waals surface area contributed by atoms with Crippen molar-refractivity contribution in [2.75, 3.05) is 32.2 Å². The molecule has 0 saturated carbocycles. The Morgan fingerprint density at radius 1 is 1.47 bits per heavy atom. The number of aryl methyl sites for hydroxylation is 1. The van der Waals surface area contributed by atoms with E-state index in [1.54, 1.807) is 7.11 Å². The lowest BCUT2D eigenvalue weighted by atomic mass is 10.1. The zero-order valence-corrected chi connectivity index (χ0v) is 11.5. The van der Waals surface area contributed by atoms with E-state index in [2.05, 4.69) is 24.9 Å². The summed E-state index contributed by atoms with van der Waals surface area (Å²) < 4.78 is 5.06. The normalized spacial score (nSPS) is 10.3. The van der Waals surface area contributed by atoms with E-state index >= 15 is 0 Å². The van der Waals surface area contributed by atoms with E-state index in [0.717, 1.165) is 30.8 Å². The van der Waals surface area contributed by atoms with E-state index in [1.807, 2.05) is 12.1 Å². The summed E-state index contributed by atoms with van der Waals surface area (Å²) >= 11 is 5.09. The molecule has 0 aliphatic heterocycles. The fourth-order valence-electron chi connectivity index (χ4n) is 1.92. The number of hydrogen-bond donors (Lipinski definition) is 1. The summed E-state index contributed by atoms with van der Waals surface area (Å²) in [5.74, 6) is 0. The Hall–Kier alpha value is -1.13. The van der Waals surface area contributed by atoms with Crippen LogP contribution < -0.4 is 10.6 Å². The second-order valence-electron chi connectivity index (χ2n) is 4.10. The smallest absolute Gasteiger partial charge is 0.106 e. The highest BCUT2D eigenvalue weighted by molar-refractivity contribution is 7.80. The number of nitrogens with zero attached hydrogens (tertiary/aromatic N) is 1. The molecule has 0 amide bonds. The fourth-order valence-corrected chi connectivity index (χ4v) is 2.09. The van der Waals surface area contributed by atoms with Gasteiger partial charge in [-0.25, -0.2) is 0 Å². The van der Waals surface area contributed by atoms with Crippen LogP contribution in [-0.2, 0) is 4.74 Å². The quantitative estimate of drug-likeness (QED) is 0.621. The van der Waals surface area contributed by atoms with Crippen molar-refractivity contribution in [3.63, 3.8) is 0 Å². The van der Waals surface area contributed by atoms with Gasteiger partial charge in [-0.15, -0.1) is 0 Å². The van der Waals surface area contributed by atoms with Crippen molar-refractivity contribution in [3.8, 4) is 0 Å². The van der Waals surface area contributed by atoms with Crippen LogP contribution in [0, 0.1) is 6.92 Å². The van der Waals surface area contributed by atoms with Gasteiger partial charge < -0.3 is 15.4 Å². The van der Waals surface area contributed by atoms with Gasteiger partial charge in [0.15, 0.2) is 0 Å². The molecule has 0 bridgehead atoms. The minimum absolute atomic E-state index is 0.447. The summed E-state index contributed by atoms with van der Waals surface area (Å²) in [6, 6.07) is 6.03. The molecule has 0 saturated heterocycles. The Kier molecular flexibility index (Phi) is 5.38. The highest BCUT2D eigenvalue weighted by Crippen LogP contribution is 2.24. The van der Waals surface area contributed by atoms with Crippen LogP contribution in [0.4, 0.5) is 5.69 Å². The predicted molar refractivity (Wildman–Crippen MR) is 76.8 cm³/mol. The van der Waals surface area contributed by atoms with Gasteiger partial charge in [-0.3, -0.25) is 0 Å². The van der Waals surface area contributed by atoms with Crippen LogP contribution in [-0.4, -0.2) is 32.3 Å². The van der Waals surface area contributed by atoms with E-state index in [4.69, 9.17) is 22.7 Å². The third-order valence-electron chi connectivity index (χ3n) is 2.73. The van der Waals surface area contributed by atoms with Crippen molar-refractivity contribution < 1.29 is 4.74 Å². The first-order chi connectivity index (χ1) is 8.07. The van der Waals surface area contributed by atoms with Gasteiger partial charge in [0.2, 0.25) is 0 Å². The van der Waals surface area contributed by atoms with Crippen LogP contribution in [0.5, 0.6) is 0 Å². The average Bonchev–Trinajstić information content (AvgIpc) is 2.28. The largest absolute Gasteiger partial charge is 0.389 e. The summed E-state index contributed by atoms with van der Waals surface area (Å²) in [6.45, 7) is 3.76. The van der Waals surface area contributed by atoms with Crippen LogP contribution in [0.15, 0.2) is 18.2 Å². The summed E-state index contributed by atoms with van der Waals surface area (Å²) in [5.41, 5.74) is 9.01. The number of benzene rings is 1. The van der Waals surface area contributed by atoms with Gasteiger partial charge in [0, 0.05) is 38.6 Å². The molecule has 1 rings (SSSR count). The van der Waals surface area contributed by atoms with E-state index in [0.29, 0.717) is 4.99 Å². The molecule has 0 atom stereocenters. The fraction of sp³-hybridized carbons (Fsp3) is 0.462. The zero-order chi connectivity index (χ0) is 12.8. The molecule has 0 fully saturated rings. The zero-order valence-electron chi connectivity index (χ0n) is 10.7. The van der Waals surface area contributed by atoms with Gasteiger partial charge in [0.05, 0.1) is 0 Å². The average molecular weight is 252 g/mol. The molecule has 2 N–H and O–H groups in total. The number of para-hydroxylation sites is 1. The summed E-state index contributed by atoms with van der Waals surface area (Å²) in [6.07, 6.45) is 0.984. The van der Waals surface area contributed by atoms with Gasteiger partial charge in [-0.1, -0.05) is 24.4 Å². The monoisotopic (exact) mass is 252 g/mol. The van der Waals surface area contributed by atoms with Crippen LogP contribution in [0.2, 0.25) is 0 Å². The van der Waals surface area contributed by atoms with Gasteiger partial charge >= 0.3 is 0 Å². The molecule has 94 valence electrons. The standard InChI is InChI=1S/C13H20N2OS/c1-10-6-4-7-11(13(14)17)12(10)15(2)8-5-9-16-3/h4,6-7H,5,8-9H2,1-3H3,(H2,14,17). The maximum absolute atomic E-state index is 5.76. The molecule has 17 heavy (non-hydrogen) atoms. The summed E-state index contributed by atoms with van der Waals surface area (Å²) in [7, 11) is 3.77. The Labute approximate surface area is 109 Å². The van der Waals surface area contributed by atoms with E-state index in [9.17, 15) is 0 Å². The molecule has 1 aromatic carbocycles. The van der Waals surface area contributed by atoms with E-state index < -0.39 is 0 Å². The molecule has 0 aromatic heterocycles. The van der Waals surface area contributed by atoms with Gasteiger partial charge in [-0.2, -0.15) is 0 Å². The number of rotatable bonds is 6. The molecule has 0 heterocycles. The van der Waals surface area contributed by atoms with Crippen molar-refractivity contribution >= 4 is 22.9 Å². The molecular weight excluding hydrogens is 232 g/mol. The first-order valence-corrected chi connectivity index (χ1v) is 6.08. The molecule has 0 radical (unpaired) electrons. The van der Waals surface area contributed by atoms with Crippen LogP contribution in [0.1, 0.15) is 17.5 Å². The molecule has 3 nitrogen and oxygen atoms in total. The minimum atomic E-state index is 0.447. The van der Waals surface area contributed by atoms with E-state index in [-0.39, 0.29) is 0 Å². The number of thiocarbonyl (C=S) groups is 1. The number of methoxy groups -OCH3 is 1. The van der Waals surface area contributed by atoms with Crippen molar-refractivity contribution in [2.45, 2.75) is 13.3 Å². The first kappa shape index (κ1) is 13.9. The Morgan fingerprint density at radius 3 is 2.76 bits per heavy atom. The maximum atomic E-state index is 5.76. The molecular formula is C13H20N2OS. The third-order valence-corrected chi connectivity index (χ3v) is 2.95. The lowest BCUT2D eigenvalue weighted by Gasteiger charge is -2.24. The molecule has 0 aliphatic rings. The molecule has 4 heteroatoms. The summed E-state index contributed by atoms with van der Waals surface area (Å²) in [4.78, 5) is 2.63. The Balaban J connectivity index is 2.90. The highest BCUT2D eigenvalue weighted by Gasteiger charge is 2.11. The first-order valence-electron chi connectivity index (χ1n) is 5.67.